The van der Waals surface area contributed by atoms with Crippen molar-refractivity contribution < 1.29 is 29.0 Å². The van der Waals surface area contributed by atoms with Gasteiger partial charge in [0.25, 0.3) is 0 Å². The predicted octanol–water partition coefficient (Wildman–Crippen LogP) is -0.242. The molecule has 0 bridgehead atoms. The Balaban J connectivity index is 5.87. The van der Waals surface area contributed by atoms with Gasteiger partial charge in [0.2, 0.25) is 5.91 Å². The summed E-state index contributed by atoms with van der Waals surface area (Å²) < 4.78 is 9.12. The molecule has 0 heterocycles. The maximum absolute atomic E-state index is 12.0. The first kappa shape index (κ1) is 17.4. The average molecular weight is 275 g/mol. The van der Waals surface area contributed by atoms with E-state index >= 15 is 0 Å². The lowest BCUT2D eigenvalue weighted by Gasteiger charge is -2.40. The van der Waals surface area contributed by atoms with E-state index in [0.29, 0.717) is 6.42 Å². The number of hydrogen-bond donors (Lipinski definition) is 2. The highest BCUT2D eigenvalue weighted by Gasteiger charge is 2.59. The van der Waals surface area contributed by atoms with Crippen LogP contribution in [0.4, 0.5) is 0 Å². The zero-order valence-electron chi connectivity index (χ0n) is 11.9. The van der Waals surface area contributed by atoms with Crippen LogP contribution >= 0.6 is 0 Å². The SMILES string of the molecule is CCC[C@@](NC(C)=O)(C(=O)OC)[C@@](C)(O)C(=O)OC. The molecule has 0 saturated carbocycles. The van der Waals surface area contributed by atoms with Gasteiger partial charge < -0.3 is 19.9 Å². The predicted molar refractivity (Wildman–Crippen MR) is 66.1 cm³/mol. The van der Waals surface area contributed by atoms with Gasteiger partial charge in [-0.15, -0.1) is 0 Å². The molecule has 0 rings (SSSR count). The van der Waals surface area contributed by atoms with Crippen molar-refractivity contribution in [2.75, 3.05) is 14.2 Å². The smallest absolute Gasteiger partial charge is 0.340 e. The largest absolute Gasteiger partial charge is 0.467 e. The molecule has 0 aliphatic rings. The van der Waals surface area contributed by atoms with E-state index in [4.69, 9.17) is 0 Å². The molecule has 0 aliphatic heterocycles. The van der Waals surface area contributed by atoms with Crippen molar-refractivity contribution in [1.82, 2.24) is 5.32 Å². The lowest BCUT2D eigenvalue weighted by molar-refractivity contribution is -0.183. The first-order chi connectivity index (χ1) is 8.69. The third kappa shape index (κ3) is 3.23. The lowest BCUT2D eigenvalue weighted by atomic mass is 9.77. The van der Waals surface area contributed by atoms with E-state index in [9.17, 15) is 19.5 Å². The second-order valence-corrected chi connectivity index (χ2v) is 4.39. The quantitative estimate of drug-likeness (QED) is 0.649. The van der Waals surface area contributed by atoms with Gasteiger partial charge in [0.05, 0.1) is 14.2 Å². The summed E-state index contributed by atoms with van der Waals surface area (Å²) >= 11 is 0. The van der Waals surface area contributed by atoms with Gasteiger partial charge >= 0.3 is 11.9 Å². The maximum Gasteiger partial charge on any atom is 0.340 e. The summed E-state index contributed by atoms with van der Waals surface area (Å²) in [6.45, 7) is 4.04. The number of carbonyl (C=O) groups is 3. The Kier molecular flexibility index (Phi) is 5.95. The number of carbonyl (C=O) groups excluding carboxylic acids is 3. The van der Waals surface area contributed by atoms with Crippen LogP contribution in [0.2, 0.25) is 0 Å². The second kappa shape index (κ2) is 6.51. The summed E-state index contributed by atoms with van der Waals surface area (Å²) in [4.78, 5) is 35.1. The molecule has 0 unspecified atom stereocenters. The van der Waals surface area contributed by atoms with Crippen LogP contribution in [0.5, 0.6) is 0 Å². The summed E-state index contributed by atoms with van der Waals surface area (Å²) in [5.41, 5.74) is -4.12. The van der Waals surface area contributed by atoms with Crippen molar-refractivity contribution in [2.45, 2.75) is 44.8 Å². The van der Waals surface area contributed by atoms with Gasteiger partial charge in [0.15, 0.2) is 11.1 Å². The highest BCUT2D eigenvalue weighted by Crippen LogP contribution is 2.30. The Morgan fingerprint density at radius 2 is 1.63 bits per heavy atom. The molecule has 7 heteroatoms. The Morgan fingerprint density at radius 3 is 1.95 bits per heavy atom. The van der Waals surface area contributed by atoms with E-state index in [1.54, 1.807) is 6.92 Å². The van der Waals surface area contributed by atoms with Crippen LogP contribution in [0.15, 0.2) is 0 Å². The molecule has 110 valence electrons. The van der Waals surface area contributed by atoms with Crippen LogP contribution in [0.3, 0.4) is 0 Å². The topological polar surface area (TPSA) is 102 Å². The van der Waals surface area contributed by atoms with E-state index in [-0.39, 0.29) is 6.42 Å². The Morgan fingerprint density at radius 1 is 1.16 bits per heavy atom. The molecule has 0 fully saturated rings. The van der Waals surface area contributed by atoms with Crippen LogP contribution < -0.4 is 5.32 Å². The summed E-state index contributed by atoms with van der Waals surface area (Å²) in [7, 11) is 2.19. The molecule has 0 radical (unpaired) electrons. The standard InChI is InChI=1S/C12H21NO6/c1-6-7-12(10(16)19-5,13-8(2)14)11(3,17)9(15)18-4/h17H,6-7H2,1-5H3,(H,13,14)/t11-,12+/m0/s1. The first-order valence-corrected chi connectivity index (χ1v) is 5.87. The molecule has 2 N–H and O–H groups in total. The van der Waals surface area contributed by atoms with Crippen LogP contribution in [-0.4, -0.2) is 48.3 Å². The molecule has 7 nitrogen and oxygen atoms in total. The average Bonchev–Trinajstić information content (AvgIpc) is 2.35. The van der Waals surface area contributed by atoms with E-state index in [1.165, 1.54) is 6.92 Å². The Bertz CT molecular complexity index is 365. The third-order valence-electron chi connectivity index (χ3n) is 2.96. The minimum Gasteiger partial charge on any atom is -0.467 e. The van der Waals surface area contributed by atoms with Crippen molar-refractivity contribution in [2.24, 2.45) is 0 Å². The summed E-state index contributed by atoms with van der Waals surface area (Å²) in [6.07, 6.45) is 0.462. The number of ether oxygens (including phenoxy) is 2. The number of rotatable bonds is 6. The van der Waals surface area contributed by atoms with Gasteiger partial charge in [-0.2, -0.15) is 0 Å². The molecule has 19 heavy (non-hydrogen) atoms. The van der Waals surface area contributed by atoms with Gasteiger partial charge in [0.1, 0.15) is 0 Å². The Hall–Kier alpha value is -1.63. The van der Waals surface area contributed by atoms with Crippen LogP contribution in [0, 0.1) is 0 Å². The van der Waals surface area contributed by atoms with Crippen molar-refractivity contribution in [3.05, 3.63) is 0 Å². The van der Waals surface area contributed by atoms with Crippen LogP contribution in [0.1, 0.15) is 33.6 Å². The van der Waals surface area contributed by atoms with E-state index in [1.807, 2.05) is 0 Å². The van der Waals surface area contributed by atoms with Gasteiger partial charge in [-0.05, 0) is 13.3 Å². The molecular formula is C12H21NO6. The number of amides is 1. The summed E-state index contributed by atoms with van der Waals surface area (Å²) in [6, 6.07) is 0. The molecule has 0 aromatic heterocycles. The summed E-state index contributed by atoms with van der Waals surface area (Å²) in [5.74, 6) is -2.50. The maximum atomic E-state index is 12.0. The highest BCUT2D eigenvalue weighted by molar-refractivity contribution is 5.96. The zero-order valence-corrected chi connectivity index (χ0v) is 11.9. The minimum atomic E-state index is -2.24. The number of hydrogen-bond acceptors (Lipinski definition) is 6. The fraction of sp³-hybridized carbons (Fsp3) is 0.750. The monoisotopic (exact) mass is 275 g/mol. The number of esters is 2. The number of nitrogens with one attached hydrogen (secondary N) is 1. The molecule has 0 aromatic rings. The zero-order chi connectivity index (χ0) is 15.3. The van der Waals surface area contributed by atoms with Crippen molar-refractivity contribution in [1.29, 1.82) is 0 Å². The molecule has 0 saturated heterocycles. The first-order valence-electron chi connectivity index (χ1n) is 5.87. The second-order valence-electron chi connectivity index (χ2n) is 4.39. The third-order valence-corrected chi connectivity index (χ3v) is 2.96. The van der Waals surface area contributed by atoms with E-state index < -0.39 is 29.0 Å². The molecule has 1 amide bonds. The molecular weight excluding hydrogens is 254 g/mol. The van der Waals surface area contributed by atoms with Crippen molar-refractivity contribution in [3.8, 4) is 0 Å². The molecule has 2 atom stereocenters. The lowest BCUT2D eigenvalue weighted by Crippen LogP contribution is -2.70. The number of aliphatic hydroxyl groups is 1. The van der Waals surface area contributed by atoms with Gasteiger partial charge in [-0.1, -0.05) is 13.3 Å². The minimum absolute atomic E-state index is 0.0291. The Labute approximate surface area is 112 Å². The fourth-order valence-electron chi connectivity index (χ4n) is 2.00. The van der Waals surface area contributed by atoms with Crippen LogP contribution in [0.25, 0.3) is 0 Å². The summed E-state index contributed by atoms with van der Waals surface area (Å²) in [5, 5.41) is 12.7. The molecule has 0 aromatic carbocycles. The van der Waals surface area contributed by atoms with Crippen molar-refractivity contribution in [3.63, 3.8) is 0 Å². The van der Waals surface area contributed by atoms with Gasteiger partial charge in [-0.3, -0.25) is 4.79 Å². The van der Waals surface area contributed by atoms with Gasteiger partial charge in [0, 0.05) is 6.92 Å². The van der Waals surface area contributed by atoms with E-state index in [2.05, 4.69) is 14.8 Å². The molecule has 0 aliphatic carbocycles. The van der Waals surface area contributed by atoms with Crippen molar-refractivity contribution >= 4 is 17.8 Å². The highest BCUT2D eigenvalue weighted by atomic mass is 16.5. The van der Waals surface area contributed by atoms with E-state index in [0.717, 1.165) is 21.1 Å². The molecule has 0 spiro atoms. The number of methoxy groups -OCH3 is 2. The van der Waals surface area contributed by atoms with Gasteiger partial charge in [-0.25, -0.2) is 9.59 Å². The normalized spacial score (nSPS) is 16.7. The fourth-order valence-corrected chi connectivity index (χ4v) is 2.00. The van der Waals surface area contributed by atoms with Crippen LogP contribution in [-0.2, 0) is 23.9 Å².